The Hall–Kier alpha value is -2.63. The van der Waals surface area contributed by atoms with Crippen LogP contribution in [0.5, 0.6) is 0 Å². The van der Waals surface area contributed by atoms with Crippen LogP contribution < -0.4 is 10.6 Å². The monoisotopic (exact) mass is 600 g/mol. The number of nitrogens with one attached hydrogen (secondary N) is 2. The van der Waals surface area contributed by atoms with Crippen molar-refractivity contribution in [2.45, 2.75) is 51.7 Å². The molecule has 2 atom stereocenters. The number of likely N-dealkylation sites (N-methyl/N-ethyl adjacent to an activating group) is 1. The highest BCUT2D eigenvalue weighted by Gasteiger charge is 2.39. The van der Waals surface area contributed by atoms with E-state index >= 15 is 0 Å². The molecule has 0 unspecified atom stereocenters. The van der Waals surface area contributed by atoms with Crippen LogP contribution in [0, 0.1) is 11.8 Å². The van der Waals surface area contributed by atoms with Gasteiger partial charge in [-0.25, -0.2) is 9.97 Å². The fourth-order valence-corrected chi connectivity index (χ4v) is 5.93. The number of nitrogens with zero attached hydrogens (tertiary/aromatic N) is 4. The molecule has 2 fully saturated rings. The Balaban J connectivity index is 1.56. The van der Waals surface area contributed by atoms with Crippen molar-refractivity contribution in [1.29, 1.82) is 0 Å². The Kier molecular flexibility index (Phi) is 9.47. The summed E-state index contributed by atoms with van der Waals surface area (Å²) in [5.74, 6) is -1.15. The van der Waals surface area contributed by atoms with E-state index in [1.807, 2.05) is 20.9 Å². The number of hydrogen-bond donors (Lipinski definition) is 2. The lowest BCUT2D eigenvalue weighted by Crippen LogP contribution is -2.47. The van der Waals surface area contributed by atoms with Gasteiger partial charge in [0.2, 0.25) is 11.9 Å². The lowest BCUT2D eigenvalue weighted by atomic mass is 9.89. The highest BCUT2D eigenvalue weighted by molar-refractivity contribution is 6.40. The molecule has 1 aliphatic carbocycles. The third kappa shape index (κ3) is 7.16. The van der Waals surface area contributed by atoms with Gasteiger partial charge in [0, 0.05) is 50.0 Å². The summed E-state index contributed by atoms with van der Waals surface area (Å²) >= 11 is 12.9. The number of alkyl halides is 3. The SMILES string of the molecule is CC(C)NC(=O)[C@H]1CCC[C@H]1Cc1nc(Nc2cc(Cl)c(C(=O)N3CCN(C)CC3)c(Cl)c2)ncc1C(F)(F)F. The molecule has 2 aliphatic rings. The van der Waals surface area contributed by atoms with Crippen molar-refractivity contribution in [2.75, 3.05) is 38.5 Å². The summed E-state index contributed by atoms with van der Waals surface area (Å²) < 4.78 is 41.6. The molecule has 2 N–H and O–H groups in total. The number of rotatable bonds is 7. The summed E-state index contributed by atoms with van der Waals surface area (Å²) in [6, 6.07) is 2.89. The number of amides is 2. The van der Waals surface area contributed by atoms with Gasteiger partial charge in [0.25, 0.3) is 5.91 Å². The molecule has 40 heavy (non-hydrogen) atoms. The molecular weight excluding hydrogens is 568 g/mol. The zero-order chi connectivity index (χ0) is 29.2. The minimum atomic E-state index is -4.65. The molecule has 1 aromatic heterocycles. The van der Waals surface area contributed by atoms with Gasteiger partial charge in [-0.3, -0.25) is 9.59 Å². The van der Waals surface area contributed by atoms with Crippen LogP contribution in [0.4, 0.5) is 24.8 Å². The average Bonchev–Trinajstić information content (AvgIpc) is 3.31. The Morgan fingerprint density at radius 1 is 1.10 bits per heavy atom. The number of carbonyl (C=O) groups excluding carboxylic acids is 2. The van der Waals surface area contributed by atoms with Gasteiger partial charge < -0.3 is 20.4 Å². The first kappa shape index (κ1) is 30.3. The van der Waals surface area contributed by atoms with Crippen LogP contribution in [-0.2, 0) is 17.4 Å². The smallest absolute Gasteiger partial charge is 0.354 e. The summed E-state index contributed by atoms with van der Waals surface area (Å²) in [5, 5.41) is 5.96. The lowest BCUT2D eigenvalue weighted by molar-refractivity contribution is -0.138. The largest absolute Gasteiger partial charge is 0.419 e. The second kappa shape index (κ2) is 12.5. The van der Waals surface area contributed by atoms with E-state index in [1.165, 1.54) is 12.1 Å². The maximum atomic E-state index is 13.9. The minimum Gasteiger partial charge on any atom is -0.354 e. The number of anilines is 2. The zero-order valence-electron chi connectivity index (χ0n) is 22.6. The predicted octanol–water partition coefficient (Wildman–Crippen LogP) is 5.42. The second-order valence-corrected chi connectivity index (χ2v) is 11.6. The fourth-order valence-electron chi connectivity index (χ4n) is 5.28. The van der Waals surface area contributed by atoms with E-state index in [2.05, 4.69) is 25.5 Å². The Morgan fingerprint density at radius 3 is 2.35 bits per heavy atom. The van der Waals surface area contributed by atoms with Gasteiger partial charge in [0.05, 0.1) is 26.9 Å². The molecule has 0 radical (unpaired) electrons. The molecule has 2 heterocycles. The molecule has 4 rings (SSSR count). The van der Waals surface area contributed by atoms with Crippen LogP contribution in [0.2, 0.25) is 10.0 Å². The molecular formula is C27H33Cl2F3N6O2. The number of benzene rings is 1. The quantitative estimate of drug-likeness (QED) is 0.441. The van der Waals surface area contributed by atoms with Gasteiger partial charge >= 0.3 is 6.18 Å². The van der Waals surface area contributed by atoms with E-state index in [1.54, 1.807) is 4.90 Å². The van der Waals surface area contributed by atoms with Crippen molar-refractivity contribution in [3.63, 3.8) is 0 Å². The summed E-state index contributed by atoms with van der Waals surface area (Å²) in [7, 11) is 1.98. The van der Waals surface area contributed by atoms with Gasteiger partial charge in [0.1, 0.15) is 0 Å². The van der Waals surface area contributed by atoms with Gasteiger partial charge in [-0.2, -0.15) is 13.2 Å². The van der Waals surface area contributed by atoms with Crippen LogP contribution in [0.3, 0.4) is 0 Å². The molecule has 1 saturated carbocycles. The van der Waals surface area contributed by atoms with Crippen molar-refractivity contribution in [3.05, 3.63) is 45.2 Å². The zero-order valence-corrected chi connectivity index (χ0v) is 24.1. The number of carbonyl (C=O) groups is 2. The van der Waals surface area contributed by atoms with Gasteiger partial charge in [-0.15, -0.1) is 0 Å². The highest BCUT2D eigenvalue weighted by Crippen LogP contribution is 2.38. The molecule has 2 aromatic rings. The van der Waals surface area contributed by atoms with E-state index < -0.39 is 11.7 Å². The molecule has 0 spiro atoms. The molecule has 13 heteroatoms. The number of hydrogen-bond acceptors (Lipinski definition) is 6. The number of halogens is 5. The summed E-state index contributed by atoms with van der Waals surface area (Å²) in [6.45, 7) is 6.26. The van der Waals surface area contributed by atoms with Crippen LogP contribution in [0.15, 0.2) is 18.3 Å². The molecule has 8 nitrogen and oxygen atoms in total. The highest BCUT2D eigenvalue weighted by atomic mass is 35.5. The van der Waals surface area contributed by atoms with Gasteiger partial charge in [-0.05, 0) is 58.2 Å². The summed E-state index contributed by atoms with van der Waals surface area (Å²) in [5.41, 5.74) is -0.624. The molecule has 1 aliphatic heterocycles. The molecule has 218 valence electrons. The first-order valence-electron chi connectivity index (χ1n) is 13.3. The normalized spacial score (nSPS) is 20.2. The van der Waals surface area contributed by atoms with Gasteiger partial charge in [-0.1, -0.05) is 29.6 Å². The van der Waals surface area contributed by atoms with E-state index in [9.17, 15) is 22.8 Å². The Morgan fingerprint density at radius 2 is 1.75 bits per heavy atom. The summed E-state index contributed by atoms with van der Waals surface area (Å²) in [4.78, 5) is 37.6. The van der Waals surface area contributed by atoms with Crippen LogP contribution in [0.25, 0.3) is 0 Å². The van der Waals surface area contributed by atoms with Crippen molar-refractivity contribution >= 4 is 46.7 Å². The predicted molar refractivity (Wildman–Crippen MR) is 148 cm³/mol. The molecule has 0 bridgehead atoms. The molecule has 1 saturated heterocycles. The standard InChI is InChI=1S/C27H33Cl2F3N6O2/c1-15(2)34-24(39)18-6-4-5-16(18)11-22-19(27(30,31)32)14-33-26(36-22)35-17-12-20(28)23(21(29)13-17)25(40)38-9-7-37(3)8-10-38/h12-16,18H,4-11H2,1-3H3,(H,34,39)(H,33,35,36)/t16-,18-/m0/s1. The maximum Gasteiger partial charge on any atom is 0.419 e. The average molecular weight is 602 g/mol. The molecule has 2 amide bonds. The first-order chi connectivity index (χ1) is 18.8. The first-order valence-corrected chi connectivity index (χ1v) is 14.1. The number of aromatic nitrogens is 2. The Labute approximate surface area is 241 Å². The topological polar surface area (TPSA) is 90.5 Å². The maximum absolute atomic E-state index is 13.9. The van der Waals surface area contributed by atoms with Crippen molar-refractivity contribution in [2.24, 2.45) is 11.8 Å². The second-order valence-electron chi connectivity index (χ2n) is 10.8. The molecule has 1 aromatic carbocycles. The number of piperazine rings is 1. The van der Waals surface area contributed by atoms with Crippen molar-refractivity contribution in [3.8, 4) is 0 Å². The van der Waals surface area contributed by atoms with Gasteiger partial charge in [0.15, 0.2) is 0 Å². The Bertz CT molecular complexity index is 1230. The van der Waals surface area contributed by atoms with Crippen LogP contribution in [-0.4, -0.2) is 70.9 Å². The van der Waals surface area contributed by atoms with Crippen LogP contribution >= 0.6 is 23.2 Å². The third-order valence-corrected chi connectivity index (χ3v) is 7.95. The minimum absolute atomic E-state index is 0.0117. The van der Waals surface area contributed by atoms with Crippen molar-refractivity contribution in [1.82, 2.24) is 25.1 Å². The summed E-state index contributed by atoms with van der Waals surface area (Å²) in [6.07, 6.45) is -1.90. The van der Waals surface area contributed by atoms with Crippen LogP contribution in [0.1, 0.15) is 54.7 Å². The van der Waals surface area contributed by atoms with E-state index in [-0.39, 0.29) is 63.4 Å². The van der Waals surface area contributed by atoms with Crippen molar-refractivity contribution < 1.29 is 22.8 Å². The van der Waals surface area contributed by atoms with E-state index in [4.69, 9.17) is 23.2 Å². The lowest BCUT2D eigenvalue weighted by Gasteiger charge is -2.32. The third-order valence-electron chi connectivity index (χ3n) is 7.36. The van der Waals surface area contributed by atoms with E-state index in [0.29, 0.717) is 31.6 Å². The fraction of sp³-hybridized carbons (Fsp3) is 0.556. The van der Waals surface area contributed by atoms with E-state index in [0.717, 1.165) is 25.7 Å².